The van der Waals surface area contributed by atoms with Crippen LogP contribution in [0.5, 0.6) is 0 Å². The lowest BCUT2D eigenvalue weighted by molar-refractivity contribution is 0.267. The highest BCUT2D eigenvalue weighted by molar-refractivity contribution is 5.34. The SMILES string of the molecule is N[C@@H](CO)c1ccccc1Cc1ccccc1. The summed E-state index contributed by atoms with van der Waals surface area (Å²) in [7, 11) is 0. The van der Waals surface area contributed by atoms with Gasteiger partial charge in [0.25, 0.3) is 0 Å². The van der Waals surface area contributed by atoms with Crippen molar-refractivity contribution < 1.29 is 5.11 Å². The van der Waals surface area contributed by atoms with Crippen molar-refractivity contribution in [2.24, 2.45) is 5.73 Å². The van der Waals surface area contributed by atoms with E-state index in [-0.39, 0.29) is 12.6 Å². The average Bonchev–Trinajstić information content (AvgIpc) is 2.40. The zero-order valence-electron chi connectivity index (χ0n) is 9.71. The Hall–Kier alpha value is -1.64. The van der Waals surface area contributed by atoms with E-state index in [1.54, 1.807) is 0 Å². The van der Waals surface area contributed by atoms with Crippen LogP contribution in [-0.4, -0.2) is 11.7 Å². The van der Waals surface area contributed by atoms with Gasteiger partial charge in [0.1, 0.15) is 0 Å². The number of rotatable bonds is 4. The van der Waals surface area contributed by atoms with Crippen molar-refractivity contribution in [3.63, 3.8) is 0 Å². The van der Waals surface area contributed by atoms with Crippen LogP contribution in [0.1, 0.15) is 22.7 Å². The van der Waals surface area contributed by atoms with Crippen molar-refractivity contribution in [3.8, 4) is 0 Å². The van der Waals surface area contributed by atoms with Crippen LogP contribution in [0.25, 0.3) is 0 Å². The zero-order valence-corrected chi connectivity index (χ0v) is 9.71. The first-order valence-electron chi connectivity index (χ1n) is 5.79. The summed E-state index contributed by atoms with van der Waals surface area (Å²) in [6.07, 6.45) is 0.852. The summed E-state index contributed by atoms with van der Waals surface area (Å²) in [5.74, 6) is 0. The van der Waals surface area contributed by atoms with Gasteiger partial charge in [0.2, 0.25) is 0 Å². The molecule has 0 aliphatic heterocycles. The summed E-state index contributed by atoms with van der Waals surface area (Å²) in [5, 5.41) is 9.15. The van der Waals surface area contributed by atoms with E-state index in [4.69, 9.17) is 10.8 Å². The Kier molecular flexibility index (Phi) is 3.91. The normalized spacial score (nSPS) is 12.4. The third-order valence-electron chi connectivity index (χ3n) is 2.89. The van der Waals surface area contributed by atoms with E-state index < -0.39 is 0 Å². The van der Waals surface area contributed by atoms with Gasteiger partial charge in [-0.2, -0.15) is 0 Å². The highest BCUT2D eigenvalue weighted by Gasteiger charge is 2.09. The van der Waals surface area contributed by atoms with Crippen LogP contribution in [0, 0.1) is 0 Å². The van der Waals surface area contributed by atoms with Crippen molar-refractivity contribution in [2.45, 2.75) is 12.5 Å². The van der Waals surface area contributed by atoms with Gasteiger partial charge in [-0.3, -0.25) is 0 Å². The molecule has 0 saturated carbocycles. The maximum atomic E-state index is 9.15. The van der Waals surface area contributed by atoms with Gasteiger partial charge >= 0.3 is 0 Å². The third-order valence-corrected chi connectivity index (χ3v) is 2.89. The van der Waals surface area contributed by atoms with Crippen LogP contribution in [0.3, 0.4) is 0 Å². The molecule has 2 heteroatoms. The van der Waals surface area contributed by atoms with Crippen molar-refractivity contribution in [1.82, 2.24) is 0 Å². The number of benzene rings is 2. The standard InChI is InChI=1S/C15H17NO/c16-15(11-17)14-9-5-4-8-13(14)10-12-6-2-1-3-7-12/h1-9,15,17H,10-11,16H2/t15-/m0/s1. The lowest BCUT2D eigenvalue weighted by Crippen LogP contribution is -2.16. The molecule has 3 N–H and O–H groups in total. The molecule has 0 fully saturated rings. The summed E-state index contributed by atoms with van der Waals surface area (Å²) in [6.45, 7) is -0.0220. The van der Waals surface area contributed by atoms with Crippen molar-refractivity contribution in [2.75, 3.05) is 6.61 Å². The Morgan fingerprint density at radius 2 is 1.59 bits per heavy atom. The second-order valence-electron chi connectivity index (χ2n) is 4.15. The fourth-order valence-electron chi connectivity index (χ4n) is 1.97. The topological polar surface area (TPSA) is 46.2 Å². The molecule has 0 unspecified atom stereocenters. The molecule has 2 rings (SSSR count). The van der Waals surface area contributed by atoms with Crippen LogP contribution in [0.2, 0.25) is 0 Å². The molecule has 0 aromatic heterocycles. The van der Waals surface area contributed by atoms with Crippen LogP contribution in [0.4, 0.5) is 0 Å². The van der Waals surface area contributed by atoms with Gasteiger partial charge in [-0.1, -0.05) is 54.6 Å². The first kappa shape index (κ1) is 11.8. The minimum absolute atomic E-state index is 0.0220. The molecule has 0 saturated heterocycles. The Labute approximate surface area is 102 Å². The molecule has 88 valence electrons. The molecule has 17 heavy (non-hydrogen) atoms. The van der Waals surface area contributed by atoms with Gasteiger partial charge in [0, 0.05) is 0 Å². The Morgan fingerprint density at radius 1 is 0.941 bits per heavy atom. The van der Waals surface area contributed by atoms with E-state index >= 15 is 0 Å². The third kappa shape index (κ3) is 2.93. The molecule has 1 atom stereocenters. The molecule has 2 nitrogen and oxygen atoms in total. The minimum Gasteiger partial charge on any atom is -0.394 e. The molecule has 2 aromatic rings. The van der Waals surface area contributed by atoms with Crippen LogP contribution < -0.4 is 5.73 Å². The second kappa shape index (κ2) is 5.62. The summed E-state index contributed by atoms with van der Waals surface area (Å²) in [5.41, 5.74) is 9.36. The molecule has 0 bridgehead atoms. The first-order valence-corrected chi connectivity index (χ1v) is 5.79. The van der Waals surface area contributed by atoms with Crippen LogP contribution in [-0.2, 0) is 6.42 Å². The van der Waals surface area contributed by atoms with E-state index in [1.165, 1.54) is 11.1 Å². The van der Waals surface area contributed by atoms with Gasteiger partial charge in [-0.05, 0) is 23.1 Å². The number of hydrogen-bond donors (Lipinski definition) is 2. The smallest absolute Gasteiger partial charge is 0.0624 e. The highest BCUT2D eigenvalue weighted by Crippen LogP contribution is 2.19. The van der Waals surface area contributed by atoms with E-state index in [2.05, 4.69) is 18.2 Å². The Balaban J connectivity index is 2.27. The predicted molar refractivity (Wildman–Crippen MR) is 69.7 cm³/mol. The largest absolute Gasteiger partial charge is 0.394 e. The summed E-state index contributed by atoms with van der Waals surface area (Å²) in [6, 6.07) is 18.0. The maximum absolute atomic E-state index is 9.15. The average molecular weight is 227 g/mol. The monoisotopic (exact) mass is 227 g/mol. The molecule has 0 aliphatic carbocycles. The Bertz CT molecular complexity index is 467. The van der Waals surface area contributed by atoms with Crippen molar-refractivity contribution >= 4 is 0 Å². The molecule has 0 radical (unpaired) electrons. The van der Waals surface area contributed by atoms with E-state index in [9.17, 15) is 0 Å². The number of nitrogens with two attached hydrogens (primary N) is 1. The Morgan fingerprint density at radius 3 is 2.29 bits per heavy atom. The number of aliphatic hydroxyl groups excluding tert-OH is 1. The minimum atomic E-state index is -0.296. The molecular formula is C15H17NO. The summed E-state index contributed by atoms with van der Waals surface area (Å²) < 4.78 is 0. The van der Waals surface area contributed by atoms with E-state index in [0.29, 0.717) is 0 Å². The lowest BCUT2D eigenvalue weighted by atomic mass is 9.96. The molecule has 2 aromatic carbocycles. The summed E-state index contributed by atoms with van der Waals surface area (Å²) in [4.78, 5) is 0. The van der Waals surface area contributed by atoms with Gasteiger partial charge in [-0.25, -0.2) is 0 Å². The molecular weight excluding hydrogens is 210 g/mol. The van der Waals surface area contributed by atoms with Crippen LogP contribution in [0.15, 0.2) is 54.6 Å². The van der Waals surface area contributed by atoms with Crippen LogP contribution >= 0.6 is 0 Å². The molecule has 0 spiro atoms. The van der Waals surface area contributed by atoms with E-state index in [1.807, 2.05) is 36.4 Å². The van der Waals surface area contributed by atoms with Gasteiger partial charge in [0.15, 0.2) is 0 Å². The number of aliphatic hydroxyl groups is 1. The highest BCUT2D eigenvalue weighted by atomic mass is 16.3. The molecule has 0 aliphatic rings. The quantitative estimate of drug-likeness (QED) is 0.841. The predicted octanol–water partition coefficient (Wildman–Crippen LogP) is 2.27. The van der Waals surface area contributed by atoms with Gasteiger partial charge < -0.3 is 10.8 Å². The fourth-order valence-corrected chi connectivity index (χ4v) is 1.97. The summed E-state index contributed by atoms with van der Waals surface area (Å²) >= 11 is 0. The van der Waals surface area contributed by atoms with Gasteiger partial charge in [0.05, 0.1) is 12.6 Å². The van der Waals surface area contributed by atoms with Crippen molar-refractivity contribution in [3.05, 3.63) is 71.3 Å². The fraction of sp³-hybridized carbons (Fsp3) is 0.200. The van der Waals surface area contributed by atoms with Crippen molar-refractivity contribution in [1.29, 1.82) is 0 Å². The second-order valence-corrected chi connectivity index (χ2v) is 4.15. The number of hydrogen-bond acceptors (Lipinski definition) is 2. The first-order chi connectivity index (χ1) is 8.31. The molecule has 0 heterocycles. The van der Waals surface area contributed by atoms with E-state index in [0.717, 1.165) is 12.0 Å². The zero-order chi connectivity index (χ0) is 12.1. The van der Waals surface area contributed by atoms with Gasteiger partial charge in [-0.15, -0.1) is 0 Å². The lowest BCUT2D eigenvalue weighted by Gasteiger charge is -2.14. The molecule has 0 amide bonds. The maximum Gasteiger partial charge on any atom is 0.0624 e.